The van der Waals surface area contributed by atoms with E-state index < -0.39 is 34.1 Å². The zero-order chi connectivity index (χ0) is 29.7. The van der Waals surface area contributed by atoms with Crippen LogP contribution in [0.2, 0.25) is 5.02 Å². The minimum Gasteiger partial charge on any atom is -0.497 e. The van der Waals surface area contributed by atoms with Crippen molar-refractivity contribution < 1.29 is 22.7 Å². The van der Waals surface area contributed by atoms with Crippen LogP contribution in [-0.4, -0.2) is 50.4 Å². The molecule has 0 saturated heterocycles. The molecule has 1 unspecified atom stereocenters. The number of rotatable bonds is 10. The van der Waals surface area contributed by atoms with Gasteiger partial charge in [-0.2, -0.15) is 0 Å². The predicted octanol–water partition coefficient (Wildman–Crippen LogP) is 5.18. The summed E-state index contributed by atoms with van der Waals surface area (Å²) in [5.41, 5.74) is 1.40. The summed E-state index contributed by atoms with van der Waals surface area (Å²) in [6, 6.07) is 18.9. The molecule has 0 aliphatic carbocycles. The van der Waals surface area contributed by atoms with Gasteiger partial charge in [0.15, 0.2) is 0 Å². The Morgan fingerprint density at radius 1 is 0.950 bits per heavy atom. The van der Waals surface area contributed by atoms with E-state index in [9.17, 15) is 18.0 Å². The number of benzene rings is 3. The summed E-state index contributed by atoms with van der Waals surface area (Å²) >= 11 is 6.05. The number of halogens is 1. The number of nitrogens with zero attached hydrogens (tertiary/aromatic N) is 2. The van der Waals surface area contributed by atoms with Gasteiger partial charge in [-0.1, -0.05) is 41.4 Å². The smallest absolute Gasteiger partial charge is 0.264 e. The maximum absolute atomic E-state index is 14.0. The van der Waals surface area contributed by atoms with Crippen LogP contribution in [0.3, 0.4) is 0 Å². The van der Waals surface area contributed by atoms with Crippen LogP contribution in [0.25, 0.3) is 0 Å². The summed E-state index contributed by atoms with van der Waals surface area (Å²) in [4.78, 5) is 28.5. The van der Waals surface area contributed by atoms with Crippen molar-refractivity contribution in [3.63, 3.8) is 0 Å². The molecule has 0 bridgehead atoms. The van der Waals surface area contributed by atoms with Gasteiger partial charge in [-0.15, -0.1) is 0 Å². The first-order valence-corrected chi connectivity index (χ1v) is 14.6. The fourth-order valence-corrected chi connectivity index (χ4v) is 5.50. The Balaban J connectivity index is 2.03. The number of hydrogen-bond acceptors (Lipinski definition) is 5. The van der Waals surface area contributed by atoms with Crippen molar-refractivity contribution in [3.8, 4) is 5.75 Å². The highest BCUT2D eigenvalue weighted by atomic mass is 35.5. The van der Waals surface area contributed by atoms with Crippen LogP contribution in [0, 0.1) is 6.92 Å². The lowest BCUT2D eigenvalue weighted by atomic mass is 10.1. The molecule has 0 spiro atoms. The number of nitrogens with one attached hydrogen (secondary N) is 1. The molecule has 40 heavy (non-hydrogen) atoms. The average Bonchev–Trinajstić information content (AvgIpc) is 2.90. The van der Waals surface area contributed by atoms with Crippen LogP contribution in [0.4, 0.5) is 5.69 Å². The number of aryl methyl sites for hydroxylation is 1. The van der Waals surface area contributed by atoms with Crippen molar-refractivity contribution in [3.05, 3.63) is 88.9 Å². The van der Waals surface area contributed by atoms with Crippen molar-refractivity contribution in [2.24, 2.45) is 0 Å². The first-order valence-electron chi connectivity index (χ1n) is 12.8. The van der Waals surface area contributed by atoms with E-state index in [0.717, 1.165) is 15.4 Å². The van der Waals surface area contributed by atoms with Crippen molar-refractivity contribution in [2.45, 2.75) is 57.6 Å². The monoisotopic (exact) mass is 585 g/mol. The normalized spacial score (nSPS) is 12.4. The van der Waals surface area contributed by atoms with E-state index in [2.05, 4.69) is 5.32 Å². The Bertz CT molecular complexity index is 1420. The first kappa shape index (κ1) is 31.0. The van der Waals surface area contributed by atoms with Gasteiger partial charge in [0.25, 0.3) is 10.0 Å². The number of amides is 2. The molecule has 3 aromatic carbocycles. The fourth-order valence-electron chi connectivity index (χ4n) is 3.96. The highest BCUT2D eigenvalue weighted by Gasteiger charge is 2.33. The fraction of sp³-hybridized carbons (Fsp3) is 0.333. The SMILES string of the molecule is COc1ccc(N(CC(=O)N(Cc2ccc(Cl)cc2)C(C)C(=O)NC(C)(C)C)S(=O)(=O)c2ccc(C)cc2)cc1. The molecular weight excluding hydrogens is 550 g/mol. The van der Waals surface area contributed by atoms with Crippen molar-refractivity contribution in [2.75, 3.05) is 18.0 Å². The van der Waals surface area contributed by atoms with Gasteiger partial charge in [0, 0.05) is 17.1 Å². The van der Waals surface area contributed by atoms with Crippen LogP contribution in [0.1, 0.15) is 38.8 Å². The lowest BCUT2D eigenvalue weighted by Gasteiger charge is -2.33. The number of ether oxygens (including phenoxy) is 1. The highest BCUT2D eigenvalue weighted by Crippen LogP contribution is 2.27. The second-order valence-electron chi connectivity index (χ2n) is 10.6. The number of carbonyl (C=O) groups is 2. The third-order valence-corrected chi connectivity index (χ3v) is 8.22. The molecule has 0 aliphatic heterocycles. The van der Waals surface area contributed by atoms with Gasteiger partial charge in [-0.05, 0) is 88.7 Å². The Hall–Kier alpha value is -3.56. The van der Waals surface area contributed by atoms with E-state index in [1.54, 1.807) is 67.6 Å². The second kappa shape index (κ2) is 12.7. The van der Waals surface area contributed by atoms with Crippen molar-refractivity contribution in [1.82, 2.24) is 10.2 Å². The van der Waals surface area contributed by atoms with Gasteiger partial charge in [-0.3, -0.25) is 13.9 Å². The molecule has 0 heterocycles. The van der Waals surface area contributed by atoms with E-state index >= 15 is 0 Å². The van der Waals surface area contributed by atoms with Crippen LogP contribution < -0.4 is 14.4 Å². The molecule has 1 atom stereocenters. The Kier molecular flexibility index (Phi) is 9.87. The lowest BCUT2D eigenvalue weighted by molar-refractivity contribution is -0.140. The molecule has 8 nitrogen and oxygen atoms in total. The highest BCUT2D eigenvalue weighted by molar-refractivity contribution is 7.92. The molecule has 0 fully saturated rings. The third kappa shape index (κ3) is 7.99. The largest absolute Gasteiger partial charge is 0.497 e. The predicted molar refractivity (Wildman–Crippen MR) is 158 cm³/mol. The van der Waals surface area contributed by atoms with Gasteiger partial charge in [-0.25, -0.2) is 8.42 Å². The summed E-state index contributed by atoms with van der Waals surface area (Å²) in [5, 5.41) is 3.45. The summed E-state index contributed by atoms with van der Waals surface area (Å²) in [6.45, 7) is 8.59. The van der Waals surface area contributed by atoms with Gasteiger partial charge >= 0.3 is 0 Å². The van der Waals surface area contributed by atoms with E-state index in [4.69, 9.17) is 16.3 Å². The second-order valence-corrected chi connectivity index (χ2v) is 12.9. The van der Waals surface area contributed by atoms with Crippen molar-refractivity contribution in [1.29, 1.82) is 0 Å². The molecule has 0 radical (unpaired) electrons. The zero-order valence-corrected chi connectivity index (χ0v) is 25.2. The molecule has 0 aromatic heterocycles. The first-order chi connectivity index (χ1) is 18.7. The summed E-state index contributed by atoms with van der Waals surface area (Å²) in [6.07, 6.45) is 0. The van der Waals surface area contributed by atoms with Crippen molar-refractivity contribution >= 4 is 39.1 Å². The molecule has 3 rings (SSSR count). The number of sulfonamides is 1. The molecule has 214 valence electrons. The maximum atomic E-state index is 14.0. The average molecular weight is 586 g/mol. The van der Waals surface area contributed by atoms with E-state index in [1.165, 1.54) is 24.1 Å². The summed E-state index contributed by atoms with van der Waals surface area (Å²) in [5.74, 6) is -0.357. The van der Waals surface area contributed by atoms with Gasteiger partial charge in [0.1, 0.15) is 18.3 Å². The number of anilines is 1. The van der Waals surface area contributed by atoms with E-state index in [-0.39, 0.29) is 23.0 Å². The minimum absolute atomic E-state index is 0.0458. The standard InChI is InChI=1S/C30H36ClN3O5S/c1-21-7-17-27(18-8-21)40(37,38)34(25-13-15-26(39-6)16-14-25)20-28(35)33(19-23-9-11-24(31)12-10-23)22(2)29(36)32-30(3,4)5/h7-18,22H,19-20H2,1-6H3,(H,32,36). The van der Waals surface area contributed by atoms with Gasteiger partial charge < -0.3 is 15.0 Å². The van der Waals surface area contributed by atoms with Crippen LogP contribution in [0.15, 0.2) is 77.7 Å². The Labute approximate surface area is 241 Å². The Morgan fingerprint density at radius 2 is 1.52 bits per heavy atom. The molecular formula is C30H36ClN3O5S. The Morgan fingerprint density at radius 3 is 2.05 bits per heavy atom. The van der Waals surface area contributed by atoms with Crippen LogP contribution in [0.5, 0.6) is 5.75 Å². The number of carbonyl (C=O) groups excluding carboxylic acids is 2. The van der Waals surface area contributed by atoms with E-state index in [0.29, 0.717) is 10.8 Å². The quantitative estimate of drug-likeness (QED) is 0.353. The maximum Gasteiger partial charge on any atom is 0.264 e. The molecule has 10 heteroatoms. The van der Waals surface area contributed by atoms with Gasteiger partial charge in [0.05, 0.1) is 17.7 Å². The van der Waals surface area contributed by atoms with E-state index in [1.807, 2.05) is 27.7 Å². The molecule has 1 N–H and O–H groups in total. The third-order valence-electron chi connectivity index (χ3n) is 6.18. The summed E-state index contributed by atoms with van der Waals surface area (Å²) in [7, 11) is -2.63. The topological polar surface area (TPSA) is 96.0 Å². The van der Waals surface area contributed by atoms with Crippen LogP contribution in [-0.2, 0) is 26.2 Å². The van der Waals surface area contributed by atoms with Gasteiger partial charge in [0.2, 0.25) is 11.8 Å². The lowest BCUT2D eigenvalue weighted by Crippen LogP contribution is -2.54. The molecule has 2 amide bonds. The summed E-state index contributed by atoms with van der Waals surface area (Å²) < 4.78 is 34.0. The number of methoxy groups -OCH3 is 1. The molecule has 0 saturated carbocycles. The minimum atomic E-state index is -4.15. The number of hydrogen-bond donors (Lipinski definition) is 1. The van der Waals surface area contributed by atoms with Crippen LogP contribution >= 0.6 is 11.6 Å². The zero-order valence-electron chi connectivity index (χ0n) is 23.6. The molecule has 0 aliphatic rings. The molecule has 3 aromatic rings.